The Morgan fingerprint density at radius 1 is 1.42 bits per heavy atom. The third-order valence-electron chi connectivity index (χ3n) is 2.11. The molecule has 3 heteroatoms. The summed E-state index contributed by atoms with van der Waals surface area (Å²) in [4.78, 5) is 0. The van der Waals surface area contributed by atoms with E-state index < -0.39 is 0 Å². The van der Waals surface area contributed by atoms with E-state index in [0.717, 1.165) is 25.9 Å². The number of hydrogen-bond donors (Lipinski definition) is 1. The second-order valence-electron chi connectivity index (χ2n) is 3.35. The standard InChI is InChI=1S/C9H19NO2/c1-8(7-11-2)12-9-3-5-10-6-4-9/h8-10H,3-7H2,1-2H3. The van der Waals surface area contributed by atoms with Crippen LogP contribution in [-0.2, 0) is 9.47 Å². The molecule has 1 N–H and O–H groups in total. The lowest BCUT2D eigenvalue weighted by atomic mass is 10.1. The highest BCUT2D eigenvalue weighted by Crippen LogP contribution is 2.09. The molecule has 1 saturated heterocycles. The predicted molar refractivity (Wildman–Crippen MR) is 48.3 cm³/mol. The fourth-order valence-corrected chi connectivity index (χ4v) is 1.53. The molecule has 72 valence electrons. The number of piperidine rings is 1. The van der Waals surface area contributed by atoms with Crippen molar-refractivity contribution in [2.45, 2.75) is 32.0 Å². The van der Waals surface area contributed by atoms with E-state index in [1.54, 1.807) is 7.11 Å². The van der Waals surface area contributed by atoms with Crippen LogP contribution in [0.3, 0.4) is 0 Å². The first kappa shape index (κ1) is 9.96. The molecule has 0 aromatic carbocycles. The Hall–Kier alpha value is -0.120. The minimum absolute atomic E-state index is 0.234. The van der Waals surface area contributed by atoms with Gasteiger partial charge in [0.25, 0.3) is 0 Å². The average molecular weight is 173 g/mol. The van der Waals surface area contributed by atoms with Crippen molar-refractivity contribution in [2.24, 2.45) is 0 Å². The SMILES string of the molecule is COCC(C)OC1CCNCC1. The topological polar surface area (TPSA) is 30.5 Å². The summed E-state index contributed by atoms with van der Waals surface area (Å²) in [5.74, 6) is 0. The fraction of sp³-hybridized carbons (Fsp3) is 1.00. The average Bonchev–Trinajstić information content (AvgIpc) is 2.06. The van der Waals surface area contributed by atoms with Crippen LogP contribution in [-0.4, -0.2) is 39.0 Å². The van der Waals surface area contributed by atoms with E-state index >= 15 is 0 Å². The van der Waals surface area contributed by atoms with E-state index in [4.69, 9.17) is 9.47 Å². The molecular formula is C9H19NO2. The van der Waals surface area contributed by atoms with E-state index in [-0.39, 0.29) is 6.10 Å². The van der Waals surface area contributed by atoms with Gasteiger partial charge in [0.05, 0.1) is 18.8 Å². The minimum Gasteiger partial charge on any atom is -0.382 e. The van der Waals surface area contributed by atoms with Crippen molar-refractivity contribution in [1.29, 1.82) is 0 Å². The van der Waals surface area contributed by atoms with Gasteiger partial charge in [0, 0.05) is 7.11 Å². The van der Waals surface area contributed by atoms with Gasteiger partial charge in [0.2, 0.25) is 0 Å². The van der Waals surface area contributed by atoms with Gasteiger partial charge in [-0.25, -0.2) is 0 Å². The molecule has 1 fully saturated rings. The second kappa shape index (κ2) is 5.51. The summed E-state index contributed by atoms with van der Waals surface area (Å²) in [5.41, 5.74) is 0. The van der Waals surface area contributed by atoms with Gasteiger partial charge in [-0.05, 0) is 32.9 Å². The second-order valence-corrected chi connectivity index (χ2v) is 3.35. The lowest BCUT2D eigenvalue weighted by molar-refractivity contribution is -0.0490. The van der Waals surface area contributed by atoms with Crippen molar-refractivity contribution in [1.82, 2.24) is 5.32 Å². The molecule has 3 nitrogen and oxygen atoms in total. The van der Waals surface area contributed by atoms with Crippen LogP contribution >= 0.6 is 0 Å². The Kier molecular flexibility index (Phi) is 4.58. The van der Waals surface area contributed by atoms with Gasteiger partial charge in [-0.2, -0.15) is 0 Å². The summed E-state index contributed by atoms with van der Waals surface area (Å²) in [5, 5.41) is 3.31. The predicted octanol–water partition coefficient (Wildman–Crippen LogP) is 0.790. The smallest absolute Gasteiger partial charge is 0.0784 e. The third kappa shape index (κ3) is 3.52. The van der Waals surface area contributed by atoms with Crippen LogP contribution in [0, 0.1) is 0 Å². The Balaban J connectivity index is 2.11. The number of ether oxygens (including phenoxy) is 2. The Morgan fingerprint density at radius 2 is 2.08 bits per heavy atom. The number of rotatable bonds is 4. The van der Waals surface area contributed by atoms with Gasteiger partial charge in [-0.15, -0.1) is 0 Å². The van der Waals surface area contributed by atoms with Crippen molar-refractivity contribution >= 4 is 0 Å². The van der Waals surface area contributed by atoms with Crippen LogP contribution < -0.4 is 5.32 Å². The van der Waals surface area contributed by atoms with Gasteiger partial charge in [-0.1, -0.05) is 0 Å². The number of hydrogen-bond acceptors (Lipinski definition) is 3. The van der Waals surface area contributed by atoms with E-state index in [0.29, 0.717) is 12.7 Å². The van der Waals surface area contributed by atoms with Crippen molar-refractivity contribution in [2.75, 3.05) is 26.8 Å². The zero-order valence-corrected chi connectivity index (χ0v) is 8.01. The molecule has 1 atom stereocenters. The fourth-order valence-electron chi connectivity index (χ4n) is 1.53. The Bertz CT molecular complexity index is 113. The van der Waals surface area contributed by atoms with Gasteiger partial charge in [0.1, 0.15) is 0 Å². The van der Waals surface area contributed by atoms with Gasteiger partial charge in [0.15, 0.2) is 0 Å². The number of nitrogens with one attached hydrogen (secondary N) is 1. The summed E-state index contributed by atoms with van der Waals surface area (Å²) in [6, 6.07) is 0. The molecule has 1 aliphatic heterocycles. The van der Waals surface area contributed by atoms with Crippen LogP contribution in [0.25, 0.3) is 0 Å². The van der Waals surface area contributed by atoms with E-state index in [1.807, 2.05) is 0 Å². The lowest BCUT2D eigenvalue weighted by Gasteiger charge is -2.25. The van der Waals surface area contributed by atoms with Gasteiger partial charge < -0.3 is 14.8 Å². The maximum absolute atomic E-state index is 5.77. The van der Waals surface area contributed by atoms with Crippen molar-refractivity contribution in [3.8, 4) is 0 Å². The molecule has 0 bridgehead atoms. The molecule has 1 heterocycles. The molecule has 12 heavy (non-hydrogen) atoms. The largest absolute Gasteiger partial charge is 0.382 e. The summed E-state index contributed by atoms with van der Waals surface area (Å²) in [6.45, 7) is 4.93. The highest BCUT2D eigenvalue weighted by atomic mass is 16.5. The first-order chi connectivity index (χ1) is 5.83. The molecule has 0 radical (unpaired) electrons. The molecule has 1 aliphatic rings. The Morgan fingerprint density at radius 3 is 2.67 bits per heavy atom. The maximum Gasteiger partial charge on any atom is 0.0784 e. The zero-order valence-electron chi connectivity index (χ0n) is 8.01. The highest BCUT2D eigenvalue weighted by Gasteiger charge is 2.15. The molecule has 0 amide bonds. The van der Waals surface area contributed by atoms with Crippen LogP contribution in [0.4, 0.5) is 0 Å². The van der Waals surface area contributed by atoms with Gasteiger partial charge in [-0.3, -0.25) is 0 Å². The van der Waals surface area contributed by atoms with E-state index in [2.05, 4.69) is 12.2 Å². The summed E-state index contributed by atoms with van der Waals surface area (Å²) in [6.07, 6.45) is 2.94. The molecule has 0 aromatic heterocycles. The molecule has 0 spiro atoms. The molecular weight excluding hydrogens is 154 g/mol. The third-order valence-corrected chi connectivity index (χ3v) is 2.11. The van der Waals surface area contributed by atoms with E-state index in [9.17, 15) is 0 Å². The molecule has 1 unspecified atom stereocenters. The maximum atomic E-state index is 5.77. The van der Waals surface area contributed by atoms with E-state index in [1.165, 1.54) is 0 Å². The Labute approximate surface area is 74.4 Å². The van der Waals surface area contributed by atoms with Crippen molar-refractivity contribution < 1.29 is 9.47 Å². The van der Waals surface area contributed by atoms with Crippen molar-refractivity contribution in [3.63, 3.8) is 0 Å². The van der Waals surface area contributed by atoms with Crippen LogP contribution in [0.5, 0.6) is 0 Å². The van der Waals surface area contributed by atoms with Crippen LogP contribution in [0.2, 0.25) is 0 Å². The number of methoxy groups -OCH3 is 1. The molecule has 0 aliphatic carbocycles. The van der Waals surface area contributed by atoms with Crippen LogP contribution in [0.15, 0.2) is 0 Å². The quantitative estimate of drug-likeness (QED) is 0.682. The van der Waals surface area contributed by atoms with Gasteiger partial charge >= 0.3 is 0 Å². The van der Waals surface area contributed by atoms with Crippen LogP contribution in [0.1, 0.15) is 19.8 Å². The monoisotopic (exact) mass is 173 g/mol. The van der Waals surface area contributed by atoms with Crippen molar-refractivity contribution in [3.05, 3.63) is 0 Å². The lowest BCUT2D eigenvalue weighted by Crippen LogP contribution is -2.35. The normalized spacial score (nSPS) is 22.5. The first-order valence-electron chi connectivity index (χ1n) is 4.68. The minimum atomic E-state index is 0.234. The summed E-state index contributed by atoms with van der Waals surface area (Å²) >= 11 is 0. The summed E-state index contributed by atoms with van der Waals surface area (Å²) < 4.78 is 10.8. The zero-order chi connectivity index (χ0) is 8.81. The summed E-state index contributed by atoms with van der Waals surface area (Å²) in [7, 11) is 1.71. The highest BCUT2D eigenvalue weighted by molar-refractivity contribution is 4.69. The molecule has 1 rings (SSSR count). The molecule has 0 aromatic rings. The molecule has 0 saturated carbocycles. The first-order valence-corrected chi connectivity index (χ1v) is 4.68.